The zero-order valence-electron chi connectivity index (χ0n) is 29.1. The van der Waals surface area contributed by atoms with E-state index in [0.29, 0.717) is 24.3 Å². The predicted molar refractivity (Wildman–Crippen MR) is 185 cm³/mol. The lowest BCUT2D eigenvalue weighted by atomic mass is 10.0. The summed E-state index contributed by atoms with van der Waals surface area (Å²) in [5, 5.41) is 2.50. The van der Waals surface area contributed by atoms with Crippen LogP contribution in [-0.4, -0.2) is 61.7 Å². The molecule has 0 unspecified atom stereocenters. The maximum Gasteiger partial charge on any atom is 0.325 e. The van der Waals surface area contributed by atoms with Gasteiger partial charge in [-0.15, -0.1) is 0 Å². The molecule has 0 rings (SSSR count). The third-order valence-corrected chi connectivity index (χ3v) is 8.88. The minimum Gasteiger partial charge on any atom is -0.468 e. The Hall–Kier alpha value is -1.77. The summed E-state index contributed by atoms with van der Waals surface area (Å²) in [6.07, 6.45) is 25.5. The minimum atomic E-state index is -0.487. The summed E-state index contributed by atoms with van der Waals surface area (Å²) in [6, 6.07) is 0. The van der Waals surface area contributed by atoms with Crippen molar-refractivity contribution in [2.45, 2.75) is 174 Å². The normalized spacial score (nSPS) is 11.6. The number of thioether (sulfide) groups is 1. The molecule has 0 aliphatic rings. The van der Waals surface area contributed by atoms with Gasteiger partial charge in [0.1, 0.15) is 19.3 Å². The second-order valence-electron chi connectivity index (χ2n) is 12.2. The summed E-state index contributed by atoms with van der Waals surface area (Å²) in [5.74, 6) is -0.145. The molecule has 0 radical (unpaired) electrons. The fourth-order valence-electron chi connectivity index (χ4n) is 5.12. The van der Waals surface area contributed by atoms with Crippen molar-refractivity contribution >= 4 is 35.6 Å². The van der Waals surface area contributed by atoms with Crippen molar-refractivity contribution in [3.05, 3.63) is 0 Å². The molecule has 0 aromatic rings. The van der Waals surface area contributed by atoms with Gasteiger partial charge >= 0.3 is 17.9 Å². The lowest BCUT2D eigenvalue weighted by Gasteiger charge is -2.17. The smallest absolute Gasteiger partial charge is 0.325 e. The zero-order valence-corrected chi connectivity index (χ0v) is 30.0. The van der Waals surface area contributed by atoms with E-state index in [4.69, 9.17) is 9.47 Å². The van der Waals surface area contributed by atoms with Crippen LogP contribution in [0.4, 0.5) is 0 Å². The molecule has 0 aliphatic carbocycles. The second-order valence-corrected chi connectivity index (χ2v) is 13.4. The standard InChI is InChI=1S/C36H67NO7S/c1-4-6-8-10-12-14-15-17-19-21-23-25-34(39)44-32(24-22-20-18-16-13-11-9-7-5-2)30-35(40)43-27-29-45-28-26-33(38)37-31-36(41)42-3/h32H,4-31H2,1-3H3,(H,37,38)/t32-/m1/s1. The number of carbonyl (C=O) groups excluding carboxylic acids is 4. The number of esters is 3. The molecule has 0 fully saturated rings. The lowest BCUT2D eigenvalue weighted by molar-refractivity contribution is -0.155. The van der Waals surface area contributed by atoms with Crippen molar-refractivity contribution in [1.82, 2.24) is 5.32 Å². The van der Waals surface area contributed by atoms with Crippen molar-refractivity contribution in [2.24, 2.45) is 0 Å². The van der Waals surface area contributed by atoms with Gasteiger partial charge in [0.2, 0.25) is 5.91 Å². The number of hydrogen-bond donors (Lipinski definition) is 1. The average molecular weight is 658 g/mol. The Kier molecular flexibility index (Phi) is 32.3. The molecule has 1 atom stereocenters. The van der Waals surface area contributed by atoms with Gasteiger partial charge < -0.3 is 19.5 Å². The van der Waals surface area contributed by atoms with Gasteiger partial charge in [-0.3, -0.25) is 19.2 Å². The van der Waals surface area contributed by atoms with Crippen LogP contribution >= 0.6 is 11.8 Å². The van der Waals surface area contributed by atoms with Crippen LogP contribution in [-0.2, 0) is 33.4 Å². The molecule has 0 saturated carbocycles. The highest BCUT2D eigenvalue weighted by atomic mass is 32.2. The van der Waals surface area contributed by atoms with Gasteiger partial charge in [0.25, 0.3) is 0 Å². The van der Waals surface area contributed by atoms with Crippen LogP contribution in [0.1, 0.15) is 168 Å². The van der Waals surface area contributed by atoms with Crippen LogP contribution in [0.5, 0.6) is 0 Å². The number of nitrogens with one attached hydrogen (secondary N) is 1. The highest BCUT2D eigenvalue weighted by Gasteiger charge is 2.19. The molecule has 264 valence electrons. The Morgan fingerprint density at radius 3 is 1.64 bits per heavy atom. The number of methoxy groups -OCH3 is 1. The van der Waals surface area contributed by atoms with Gasteiger partial charge in [0.05, 0.1) is 13.5 Å². The first kappa shape index (κ1) is 43.2. The Labute approximate surface area is 279 Å². The quantitative estimate of drug-likeness (QED) is 0.0424. The van der Waals surface area contributed by atoms with E-state index in [1.54, 1.807) is 0 Å². The molecule has 45 heavy (non-hydrogen) atoms. The van der Waals surface area contributed by atoms with E-state index in [1.807, 2.05) is 0 Å². The van der Waals surface area contributed by atoms with Crippen LogP contribution in [0.25, 0.3) is 0 Å². The van der Waals surface area contributed by atoms with Crippen LogP contribution in [0.2, 0.25) is 0 Å². The number of amides is 1. The van der Waals surface area contributed by atoms with E-state index in [2.05, 4.69) is 23.9 Å². The maximum atomic E-state index is 12.6. The van der Waals surface area contributed by atoms with E-state index in [-0.39, 0.29) is 43.8 Å². The van der Waals surface area contributed by atoms with Crippen LogP contribution < -0.4 is 5.32 Å². The minimum absolute atomic E-state index is 0.0849. The summed E-state index contributed by atoms with van der Waals surface area (Å²) in [4.78, 5) is 48.0. The number of unbranched alkanes of at least 4 members (excludes halogenated alkanes) is 18. The summed E-state index contributed by atoms with van der Waals surface area (Å²) in [5.41, 5.74) is 0. The van der Waals surface area contributed by atoms with E-state index < -0.39 is 12.1 Å². The van der Waals surface area contributed by atoms with Crippen molar-refractivity contribution in [3.8, 4) is 0 Å². The van der Waals surface area contributed by atoms with E-state index in [9.17, 15) is 19.2 Å². The molecular weight excluding hydrogens is 590 g/mol. The van der Waals surface area contributed by atoms with Crippen molar-refractivity contribution in [3.63, 3.8) is 0 Å². The molecule has 0 bridgehead atoms. The fraction of sp³-hybridized carbons (Fsp3) is 0.889. The Bertz CT molecular complexity index is 734. The number of hydrogen-bond acceptors (Lipinski definition) is 8. The molecule has 0 aliphatic heterocycles. The maximum absolute atomic E-state index is 12.6. The molecule has 0 aromatic heterocycles. The monoisotopic (exact) mass is 657 g/mol. The first-order chi connectivity index (χ1) is 21.9. The zero-order chi connectivity index (χ0) is 33.2. The van der Waals surface area contributed by atoms with Gasteiger partial charge in [0.15, 0.2) is 0 Å². The molecule has 0 aromatic carbocycles. The van der Waals surface area contributed by atoms with Gasteiger partial charge in [-0.1, -0.05) is 129 Å². The molecule has 8 nitrogen and oxygen atoms in total. The topological polar surface area (TPSA) is 108 Å². The Balaban J connectivity index is 4.28. The van der Waals surface area contributed by atoms with Gasteiger partial charge in [0, 0.05) is 24.3 Å². The largest absolute Gasteiger partial charge is 0.468 e. The highest BCUT2D eigenvalue weighted by Crippen LogP contribution is 2.17. The molecule has 1 N–H and O–H groups in total. The molecular formula is C36H67NO7S. The van der Waals surface area contributed by atoms with Crippen molar-refractivity contribution in [2.75, 3.05) is 31.8 Å². The summed E-state index contributed by atoms with van der Waals surface area (Å²) in [6.45, 7) is 4.58. The summed E-state index contributed by atoms with van der Waals surface area (Å²) < 4.78 is 15.7. The van der Waals surface area contributed by atoms with Crippen molar-refractivity contribution in [1.29, 1.82) is 0 Å². The predicted octanol–water partition coefficient (Wildman–Crippen LogP) is 8.87. The number of ether oxygens (including phenoxy) is 3. The second kappa shape index (κ2) is 33.6. The van der Waals surface area contributed by atoms with E-state index in [1.165, 1.54) is 115 Å². The SMILES string of the molecule is CCCCCCCCCCCCCC(=O)O[C@H](CCCCCCCCCCC)CC(=O)OCCSCCC(=O)NCC(=O)OC. The average Bonchev–Trinajstić information content (AvgIpc) is 3.03. The first-order valence-corrected chi connectivity index (χ1v) is 19.3. The summed E-state index contributed by atoms with van der Waals surface area (Å²) >= 11 is 1.50. The molecule has 0 heterocycles. The Morgan fingerprint density at radius 2 is 1.11 bits per heavy atom. The van der Waals surface area contributed by atoms with Crippen LogP contribution in [0, 0.1) is 0 Å². The number of carbonyl (C=O) groups is 4. The fourth-order valence-corrected chi connectivity index (χ4v) is 5.86. The van der Waals surface area contributed by atoms with Crippen molar-refractivity contribution < 1.29 is 33.4 Å². The Morgan fingerprint density at radius 1 is 0.600 bits per heavy atom. The van der Waals surface area contributed by atoms with Crippen LogP contribution in [0.3, 0.4) is 0 Å². The van der Waals surface area contributed by atoms with Gasteiger partial charge in [-0.2, -0.15) is 11.8 Å². The molecule has 0 spiro atoms. The third kappa shape index (κ3) is 32.0. The highest BCUT2D eigenvalue weighted by molar-refractivity contribution is 7.99. The lowest BCUT2D eigenvalue weighted by Crippen LogP contribution is -2.30. The van der Waals surface area contributed by atoms with Gasteiger partial charge in [-0.05, 0) is 19.3 Å². The molecule has 0 saturated heterocycles. The molecule has 9 heteroatoms. The molecule has 1 amide bonds. The van der Waals surface area contributed by atoms with E-state index >= 15 is 0 Å². The summed E-state index contributed by atoms with van der Waals surface area (Å²) in [7, 11) is 1.27. The van der Waals surface area contributed by atoms with E-state index in [0.717, 1.165) is 32.1 Å². The van der Waals surface area contributed by atoms with Crippen LogP contribution in [0.15, 0.2) is 0 Å². The third-order valence-electron chi connectivity index (χ3n) is 7.93. The number of rotatable bonds is 33. The van der Waals surface area contributed by atoms with Gasteiger partial charge in [-0.25, -0.2) is 0 Å². The first-order valence-electron chi connectivity index (χ1n) is 18.2.